The molecule has 3 aromatic rings. The van der Waals surface area contributed by atoms with Gasteiger partial charge in [-0.25, -0.2) is 0 Å². The fraction of sp³-hybridized carbons (Fsp3) is 0.261. The molecule has 1 aliphatic rings. The van der Waals surface area contributed by atoms with Crippen LogP contribution in [-0.4, -0.2) is 54.1 Å². The van der Waals surface area contributed by atoms with Crippen LogP contribution in [0.3, 0.4) is 0 Å². The standard InChI is InChI=1S/C23H22N2O6/c1-29-11-5-10-25-19(15-7-4-9-24-13-15)18(21(27)23(25)28)20(26)17-12-14-6-3-8-16(30-2)22(14)31-17/h3-4,6-9,12-13,19,27H,5,10-11H2,1-2H3/t19-/m1/s1. The van der Waals surface area contributed by atoms with Crippen molar-refractivity contribution in [1.82, 2.24) is 9.88 Å². The normalized spacial score (nSPS) is 16.4. The molecule has 1 aromatic carbocycles. The van der Waals surface area contributed by atoms with Crippen LogP contribution in [0.2, 0.25) is 0 Å². The largest absolute Gasteiger partial charge is 0.503 e. The highest BCUT2D eigenvalue weighted by atomic mass is 16.5. The highest BCUT2D eigenvalue weighted by Gasteiger charge is 2.44. The third-order valence-corrected chi connectivity index (χ3v) is 5.25. The van der Waals surface area contributed by atoms with Gasteiger partial charge in [-0.05, 0) is 30.2 Å². The Morgan fingerprint density at radius 3 is 2.81 bits per heavy atom. The zero-order valence-electron chi connectivity index (χ0n) is 17.2. The molecule has 1 N–H and O–H groups in total. The number of aliphatic hydroxyl groups is 1. The summed E-state index contributed by atoms with van der Waals surface area (Å²) in [5, 5.41) is 11.4. The molecule has 8 heteroatoms. The number of furan rings is 1. The number of pyridine rings is 1. The number of hydrogen-bond acceptors (Lipinski definition) is 7. The molecule has 1 atom stereocenters. The molecule has 0 aliphatic carbocycles. The van der Waals surface area contributed by atoms with Crippen molar-refractivity contribution in [1.29, 1.82) is 0 Å². The van der Waals surface area contributed by atoms with Crippen LogP contribution >= 0.6 is 0 Å². The molecule has 1 aliphatic heterocycles. The number of Topliss-reactive ketones (excluding diaryl/α,β-unsaturated/α-hetero) is 1. The van der Waals surface area contributed by atoms with Gasteiger partial charge in [0.15, 0.2) is 22.9 Å². The highest BCUT2D eigenvalue weighted by Crippen LogP contribution is 2.40. The minimum absolute atomic E-state index is 0.0153. The average molecular weight is 422 g/mol. The molecule has 0 saturated heterocycles. The molecule has 2 aromatic heterocycles. The zero-order chi connectivity index (χ0) is 22.0. The van der Waals surface area contributed by atoms with Gasteiger partial charge in [0, 0.05) is 38.0 Å². The molecule has 1 amide bonds. The van der Waals surface area contributed by atoms with E-state index in [0.717, 1.165) is 0 Å². The Bertz CT molecular complexity index is 1150. The van der Waals surface area contributed by atoms with Crippen molar-refractivity contribution in [3.8, 4) is 5.75 Å². The summed E-state index contributed by atoms with van der Waals surface area (Å²) in [5.74, 6) is -1.25. The van der Waals surface area contributed by atoms with Crippen LogP contribution in [0.25, 0.3) is 11.0 Å². The van der Waals surface area contributed by atoms with Crippen molar-refractivity contribution in [2.24, 2.45) is 0 Å². The fourth-order valence-corrected chi connectivity index (χ4v) is 3.82. The summed E-state index contributed by atoms with van der Waals surface area (Å²) in [5.41, 5.74) is 1.01. The smallest absolute Gasteiger partial charge is 0.290 e. The van der Waals surface area contributed by atoms with Gasteiger partial charge in [-0.15, -0.1) is 0 Å². The molecule has 0 bridgehead atoms. The SMILES string of the molecule is COCCCN1C(=O)C(O)=C(C(=O)c2cc3cccc(OC)c3o2)[C@H]1c1cccnc1. The summed E-state index contributed by atoms with van der Waals surface area (Å²) >= 11 is 0. The monoisotopic (exact) mass is 422 g/mol. The molecule has 0 fully saturated rings. The second kappa shape index (κ2) is 8.61. The number of benzene rings is 1. The Morgan fingerprint density at radius 1 is 1.26 bits per heavy atom. The van der Waals surface area contributed by atoms with Crippen LogP contribution in [0, 0.1) is 0 Å². The molecule has 0 unspecified atom stereocenters. The van der Waals surface area contributed by atoms with Crippen LogP contribution in [-0.2, 0) is 9.53 Å². The first-order valence-corrected chi connectivity index (χ1v) is 9.81. The maximum Gasteiger partial charge on any atom is 0.290 e. The van der Waals surface area contributed by atoms with Gasteiger partial charge in [-0.3, -0.25) is 14.6 Å². The van der Waals surface area contributed by atoms with Crippen molar-refractivity contribution in [3.05, 3.63) is 71.4 Å². The van der Waals surface area contributed by atoms with Gasteiger partial charge in [0.1, 0.15) is 0 Å². The van der Waals surface area contributed by atoms with E-state index in [9.17, 15) is 14.7 Å². The maximum atomic E-state index is 13.5. The number of fused-ring (bicyclic) bond motifs is 1. The van der Waals surface area contributed by atoms with Crippen LogP contribution in [0.5, 0.6) is 5.75 Å². The lowest BCUT2D eigenvalue weighted by molar-refractivity contribution is -0.129. The molecule has 4 rings (SSSR count). The van der Waals surface area contributed by atoms with Crippen molar-refractivity contribution < 1.29 is 28.6 Å². The molecule has 3 heterocycles. The topological polar surface area (TPSA) is 102 Å². The van der Waals surface area contributed by atoms with E-state index in [1.165, 1.54) is 12.0 Å². The lowest BCUT2D eigenvalue weighted by Crippen LogP contribution is -2.32. The number of carbonyl (C=O) groups excluding carboxylic acids is 2. The molecule has 0 saturated carbocycles. The number of nitrogens with zero attached hydrogens (tertiary/aromatic N) is 2. The minimum atomic E-state index is -0.777. The molecular formula is C23H22N2O6. The Morgan fingerprint density at radius 2 is 2.10 bits per heavy atom. The predicted octanol–water partition coefficient (Wildman–Crippen LogP) is 3.45. The average Bonchev–Trinajstić information content (AvgIpc) is 3.34. The van der Waals surface area contributed by atoms with E-state index in [1.54, 1.807) is 55.9 Å². The van der Waals surface area contributed by atoms with Crippen molar-refractivity contribution in [2.45, 2.75) is 12.5 Å². The summed E-state index contributed by atoms with van der Waals surface area (Å²) in [6, 6.07) is 9.60. The van der Waals surface area contributed by atoms with Gasteiger partial charge < -0.3 is 23.9 Å². The lowest BCUT2D eigenvalue weighted by atomic mass is 9.96. The number of ether oxygens (including phenoxy) is 2. The van der Waals surface area contributed by atoms with E-state index in [0.29, 0.717) is 41.9 Å². The quantitative estimate of drug-likeness (QED) is 0.438. The first-order chi connectivity index (χ1) is 15.1. The van der Waals surface area contributed by atoms with Crippen LogP contribution in [0.1, 0.15) is 28.6 Å². The summed E-state index contributed by atoms with van der Waals surface area (Å²) in [6.07, 6.45) is 3.73. The predicted molar refractivity (Wildman–Crippen MR) is 112 cm³/mol. The number of amides is 1. The minimum Gasteiger partial charge on any atom is -0.503 e. The Labute approximate surface area is 178 Å². The molecular weight excluding hydrogens is 400 g/mol. The zero-order valence-corrected chi connectivity index (χ0v) is 17.2. The second-order valence-corrected chi connectivity index (χ2v) is 7.11. The van der Waals surface area contributed by atoms with Gasteiger partial charge in [-0.1, -0.05) is 18.2 Å². The number of aromatic nitrogens is 1. The van der Waals surface area contributed by atoms with Crippen molar-refractivity contribution >= 4 is 22.7 Å². The van der Waals surface area contributed by atoms with Crippen LogP contribution in [0.4, 0.5) is 0 Å². The Hall–Kier alpha value is -3.65. The number of ketones is 1. The second-order valence-electron chi connectivity index (χ2n) is 7.11. The van der Waals surface area contributed by atoms with E-state index in [1.807, 2.05) is 0 Å². The van der Waals surface area contributed by atoms with Crippen LogP contribution in [0.15, 0.2) is 64.5 Å². The van der Waals surface area contributed by atoms with Gasteiger partial charge >= 0.3 is 0 Å². The van der Waals surface area contributed by atoms with Gasteiger partial charge in [0.25, 0.3) is 5.91 Å². The van der Waals surface area contributed by atoms with Crippen molar-refractivity contribution in [2.75, 3.05) is 27.4 Å². The van der Waals surface area contributed by atoms with E-state index in [2.05, 4.69) is 4.98 Å². The number of aliphatic hydroxyl groups excluding tert-OH is 1. The summed E-state index contributed by atoms with van der Waals surface area (Å²) in [4.78, 5) is 31.9. The third kappa shape index (κ3) is 3.66. The molecule has 31 heavy (non-hydrogen) atoms. The number of hydrogen-bond donors (Lipinski definition) is 1. The van der Waals surface area contributed by atoms with Gasteiger partial charge in [0.2, 0.25) is 5.78 Å². The summed E-state index contributed by atoms with van der Waals surface area (Å²) in [6.45, 7) is 0.748. The fourth-order valence-electron chi connectivity index (χ4n) is 3.82. The van der Waals surface area contributed by atoms with Gasteiger partial charge in [-0.2, -0.15) is 0 Å². The molecule has 8 nitrogen and oxygen atoms in total. The summed E-state index contributed by atoms with van der Waals surface area (Å²) < 4.78 is 16.2. The van der Waals surface area contributed by atoms with Crippen LogP contribution < -0.4 is 4.74 Å². The van der Waals surface area contributed by atoms with E-state index in [-0.39, 0.29) is 11.3 Å². The summed E-state index contributed by atoms with van der Waals surface area (Å²) in [7, 11) is 3.09. The van der Waals surface area contributed by atoms with E-state index >= 15 is 0 Å². The number of para-hydroxylation sites is 1. The van der Waals surface area contributed by atoms with Crippen molar-refractivity contribution in [3.63, 3.8) is 0 Å². The molecule has 0 radical (unpaired) electrons. The molecule has 160 valence electrons. The third-order valence-electron chi connectivity index (χ3n) is 5.25. The first kappa shape index (κ1) is 20.6. The number of rotatable bonds is 8. The number of methoxy groups -OCH3 is 2. The maximum absolute atomic E-state index is 13.5. The first-order valence-electron chi connectivity index (χ1n) is 9.81. The number of carbonyl (C=O) groups is 2. The van der Waals surface area contributed by atoms with E-state index < -0.39 is 23.5 Å². The Kier molecular flexibility index (Phi) is 5.73. The van der Waals surface area contributed by atoms with E-state index in [4.69, 9.17) is 13.9 Å². The van der Waals surface area contributed by atoms with Gasteiger partial charge in [0.05, 0.1) is 18.7 Å². The lowest BCUT2D eigenvalue weighted by Gasteiger charge is -2.26. The highest BCUT2D eigenvalue weighted by molar-refractivity contribution is 6.16. The Balaban J connectivity index is 1.77. The molecule has 0 spiro atoms.